The van der Waals surface area contributed by atoms with Gasteiger partial charge in [0.1, 0.15) is 5.75 Å². The van der Waals surface area contributed by atoms with Crippen LogP contribution in [-0.2, 0) is 21.2 Å². The highest BCUT2D eigenvalue weighted by molar-refractivity contribution is 7.91. The number of benzene rings is 2. The van der Waals surface area contributed by atoms with Gasteiger partial charge in [-0.05, 0) is 68.1 Å². The predicted molar refractivity (Wildman–Crippen MR) is 115 cm³/mol. The summed E-state index contributed by atoms with van der Waals surface area (Å²) in [6.07, 6.45) is -0.287. The summed E-state index contributed by atoms with van der Waals surface area (Å²) in [5.74, 6) is 0.506. The van der Waals surface area contributed by atoms with Crippen molar-refractivity contribution in [2.45, 2.75) is 45.9 Å². The number of hydrogen-bond donors (Lipinski definition) is 0. The maximum Gasteiger partial charge on any atom is 0.263 e. The number of hydrogen-bond acceptors (Lipinski definition) is 4. The molecule has 0 spiro atoms. The third kappa shape index (κ3) is 5.73. The first-order valence-electron chi connectivity index (χ1n) is 9.63. The molecular formula is C22H26ClNO4S. The zero-order valence-electron chi connectivity index (χ0n) is 16.9. The standard InChI is InChI=1S/C22H26ClNO4S/c1-15-10-16(2)12-21(11-15)28-17(3)22(25)24(20-8-9-29(26,27)14-20)13-18-4-6-19(23)7-5-18/h4-7,10-12,17,20H,8-9,13-14H2,1-3H3/t17-,20+/m1/s1. The summed E-state index contributed by atoms with van der Waals surface area (Å²) in [4.78, 5) is 14.9. The van der Waals surface area contributed by atoms with Crippen LogP contribution in [-0.4, -0.2) is 42.9 Å². The number of aryl methyl sites for hydroxylation is 2. The molecule has 29 heavy (non-hydrogen) atoms. The summed E-state index contributed by atoms with van der Waals surface area (Å²) in [5, 5.41) is 0.613. The van der Waals surface area contributed by atoms with Gasteiger partial charge >= 0.3 is 0 Å². The molecule has 0 N–H and O–H groups in total. The second-order valence-electron chi connectivity index (χ2n) is 7.73. The molecule has 156 valence electrons. The summed E-state index contributed by atoms with van der Waals surface area (Å²) in [6.45, 7) is 5.97. The van der Waals surface area contributed by atoms with Gasteiger partial charge in [0.25, 0.3) is 5.91 Å². The number of amides is 1. The number of sulfone groups is 1. The molecule has 7 heteroatoms. The quantitative estimate of drug-likeness (QED) is 0.689. The van der Waals surface area contributed by atoms with Gasteiger partial charge in [-0.3, -0.25) is 4.79 Å². The van der Waals surface area contributed by atoms with Crippen LogP contribution in [0.1, 0.15) is 30.0 Å². The minimum absolute atomic E-state index is 0.0113. The van der Waals surface area contributed by atoms with Crippen LogP contribution in [0.2, 0.25) is 5.02 Å². The van der Waals surface area contributed by atoms with Crippen molar-refractivity contribution in [2.75, 3.05) is 11.5 Å². The molecule has 1 heterocycles. The van der Waals surface area contributed by atoms with Gasteiger partial charge in [0.05, 0.1) is 11.5 Å². The fourth-order valence-corrected chi connectivity index (χ4v) is 5.54. The third-order valence-electron chi connectivity index (χ3n) is 5.05. The Kier molecular flexibility index (Phi) is 6.54. The van der Waals surface area contributed by atoms with Crippen molar-refractivity contribution in [3.63, 3.8) is 0 Å². The minimum atomic E-state index is -3.12. The van der Waals surface area contributed by atoms with Crippen LogP contribution in [0.15, 0.2) is 42.5 Å². The van der Waals surface area contributed by atoms with E-state index in [1.165, 1.54) is 0 Å². The van der Waals surface area contributed by atoms with Crippen molar-refractivity contribution in [1.29, 1.82) is 0 Å². The van der Waals surface area contributed by atoms with Gasteiger partial charge in [0.15, 0.2) is 15.9 Å². The highest BCUT2D eigenvalue weighted by Crippen LogP contribution is 2.24. The van der Waals surface area contributed by atoms with E-state index in [9.17, 15) is 13.2 Å². The van der Waals surface area contributed by atoms with E-state index in [4.69, 9.17) is 16.3 Å². The Morgan fingerprint density at radius 1 is 1.17 bits per heavy atom. The molecule has 1 aliphatic rings. The van der Waals surface area contributed by atoms with E-state index < -0.39 is 15.9 Å². The first-order valence-corrected chi connectivity index (χ1v) is 11.8. The number of halogens is 1. The van der Waals surface area contributed by atoms with Gasteiger partial charge in [-0.25, -0.2) is 8.42 Å². The topological polar surface area (TPSA) is 63.7 Å². The molecule has 0 aromatic heterocycles. The summed E-state index contributed by atoms with van der Waals surface area (Å²) in [6, 6.07) is 12.7. The summed E-state index contributed by atoms with van der Waals surface area (Å²) in [7, 11) is -3.12. The fraction of sp³-hybridized carbons (Fsp3) is 0.409. The number of carbonyl (C=O) groups excluding carboxylic acids is 1. The maximum atomic E-state index is 13.3. The van der Waals surface area contributed by atoms with Gasteiger partial charge < -0.3 is 9.64 Å². The van der Waals surface area contributed by atoms with Crippen LogP contribution in [0.3, 0.4) is 0 Å². The minimum Gasteiger partial charge on any atom is -0.481 e. The smallest absolute Gasteiger partial charge is 0.263 e. The molecule has 0 radical (unpaired) electrons. The second-order valence-corrected chi connectivity index (χ2v) is 10.4. The maximum absolute atomic E-state index is 13.3. The number of rotatable bonds is 6. The Labute approximate surface area is 177 Å². The number of ether oxygens (including phenoxy) is 1. The lowest BCUT2D eigenvalue weighted by atomic mass is 10.1. The molecule has 2 atom stereocenters. The molecule has 5 nitrogen and oxygen atoms in total. The molecular weight excluding hydrogens is 410 g/mol. The Morgan fingerprint density at radius 2 is 1.79 bits per heavy atom. The van der Waals surface area contributed by atoms with E-state index in [2.05, 4.69) is 0 Å². The van der Waals surface area contributed by atoms with Crippen molar-refractivity contribution in [1.82, 2.24) is 4.90 Å². The lowest BCUT2D eigenvalue weighted by molar-refractivity contribution is -0.140. The molecule has 0 unspecified atom stereocenters. The fourth-order valence-electron chi connectivity index (χ4n) is 3.68. The van der Waals surface area contributed by atoms with Gasteiger partial charge in [-0.1, -0.05) is 29.8 Å². The zero-order valence-corrected chi connectivity index (χ0v) is 18.5. The summed E-state index contributed by atoms with van der Waals surface area (Å²) >= 11 is 5.96. The normalized spacial score (nSPS) is 19.0. The molecule has 0 saturated carbocycles. The van der Waals surface area contributed by atoms with Crippen LogP contribution in [0.5, 0.6) is 5.75 Å². The van der Waals surface area contributed by atoms with Gasteiger partial charge in [-0.2, -0.15) is 0 Å². The zero-order chi connectivity index (χ0) is 21.2. The summed E-state index contributed by atoms with van der Waals surface area (Å²) in [5.41, 5.74) is 3.00. The molecule has 0 aliphatic carbocycles. The molecule has 2 aromatic carbocycles. The van der Waals surface area contributed by atoms with Gasteiger partial charge in [0.2, 0.25) is 0 Å². The lowest BCUT2D eigenvalue weighted by Crippen LogP contribution is -2.46. The van der Waals surface area contributed by atoms with Crippen molar-refractivity contribution < 1.29 is 17.9 Å². The Morgan fingerprint density at radius 3 is 2.34 bits per heavy atom. The van der Waals surface area contributed by atoms with E-state index in [0.29, 0.717) is 23.7 Å². The van der Waals surface area contributed by atoms with E-state index >= 15 is 0 Å². The number of carbonyl (C=O) groups is 1. The Hall–Kier alpha value is -2.05. The molecule has 2 aromatic rings. The van der Waals surface area contributed by atoms with E-state index in [1.54, 1.807) is 24.0 Å². The second kappa shape index (κ2) is 8.76. The van der Waals surface area contributed by atoms with Crippen LogP contribution in [0.4, 0.5) is 0 Å². The van der Waals surface area contributed by atoms with Crippen molar-refractivity contribution in [3.05, 3.63) is 64.2 Å². The van der Waals surface area contributed by atoms with Gasteiger partial charge in [0, 0.05) is 17.6 Å². The molecule has 3 rings (SSSR count). The van der Waals surface area contributed by atoms with Crippen molar-refractivity contribution in [2.24, 2.45) is 0 Å². The molecule has 1 amide bonds. The summed E-state index contributed by atoms with van der Waals surface area (Å²) < 4.78 is 30.0. The van der Waals surface area contributed by atoms with Gasteiger partial charge in [-0.15, -0.1) is 0 Å². The third-order valence-corrected chi connectivity index (χ3v) is 7.06. The number of nitrogens with zero attached hydrogens (tertiary/aromatic N) is 1. The van der Waals surface area contributed by atoms with E-state index in [1.807, 2.05) is 44.2 Å². The van der Waals surface area contributed by atoms with E-state index in [-0.39, 0.29) is 23.5 Å². The highest BCUT2D eigenvalue weighted by atomic mass is 35.5. The largest absolute Gasteiger partial charge is 0.481 e. The van der Waals surface area contributed by atoms with Crippen LogP contribution in [0.25, 0.3) is 0 Å². The van der Waals surface area contributed by atoms with Crippen LogP contribution >= 0.6 is 11.6 Å². The highest BCUT2D eigenvalue weighted by Gasteiger charge is 2.36. The Balaban J connectivity index is 1.81. The predicted octanol–water partition coefficient (Wildman–Crippen LogP) is 3.94. The van der Waals surface area contributed by atoms with E-state index in [0.717, 1.165) is 16.7 Å². The SMILES string of the molecule is Cc1cc(C)cc(O[C@H](C)C(=O)N(Cc2ccc(Cl)cc2)[C@H]2CCS(=O)(=O)C2)c1. The Bertz CT molecular complexity index is 968. The van der Waals surface area contributed by atoms with Crippen LogP contribution in [0, 0.1) is 13.8 Å². The molecule has 1 aliphatic heterocycles. The molecule has 1 fully saturated rings. The molecule has 1 saturated heterocycles. The van der Waals surface area contributed by atoms with Crippen molar-refractivity contribution >= 4 is 27.3 Å². The molecule has 0 bridgehead atoms. The average molecular weight is 436 g/mol. The monoisotopic (exact) mass is 435 g/mol. The average Bonchev–Trinajstić information content (AvgIpc) is 2.99. The first-order chi connectivity index (χ1) is 13.6. The van der Waals surface area contributed by atoms with Crippen molar-refractivity contribution in [3.8, 4) is 5.75 Å². The van der Waals surface area contributed by atoms with Crippen LogP contribution < -0.4 is 4.74 Å². The lowest BCUT2D eigenvalue weighted by Gasteiger charge is -2.31. The first kappa shape index (κ1) is 21.7.